The summed E-state index contributed by atoms with van der Waals surface area (Å²) in [4.78, 5) is 0. The van der Waals surface area contributed by atoms with Gasteiger partial charge in [-0.05, 0) is 38.9 Å². The zero-order chi connectivity index (χ0) is 8.65. The number of ether oxygens (including phenoxy) is 1. The van der Waals surface area contributed by atoms with Crippen molar-refractivity contribution in [2.75, 3.05) is 33.4 Å². The van der Waals surface area contributed by atoms with E-state index in [1.807, 2.05) is 0 Å². The molecular weight excluding hydrogens is 152 g/mol. The van der Waals surface area contributed by atoms with E-state index in [0.717, 1.165) is 25.6 Å². The third-order valence-electron chi connectivity index (χ3n) is 2.30. The van der Waals surface area contributed by atoms with E-state index < -0.39 is 0 Å². The summed E-state index contributed by atoms with van der Waals surface area (Å²) in [7, 11) is 1.75. The Bertz CT molecular complexity index is 103. The Morgan fingerprint density at radius 1 is 1.42 bits per heavy atom. The SMILES string of the molecule is COCCCNC1CCNCC1. The van der Waals surface area contributed by atoms with Crippen LogP contribution in [0.15, 0.2) is 0 Å². The molecule has 0 atom stereocenters. The van der Waals surface area contributed by atoms with Crippen molar-refractivity contribution >= 4 is 0 Å². The Balaban J connectivity index is 1.91. The predicted molar refractivity (Wildman–Crippen MR) is 50.4 cm³/mol. The predicted octanol–water partition coefficient (Wildman–Crippen LogP) is 0.364. The standard InChI is InChI=1S/C9H20N2O/c1-12-8-2-5-11-9-3-6-10-7-4-9/h9-11H,2-8H2,1H3. The van der Waals surface area contributed by atoms with Crippen LogP contribution in [-0.4, -0.2) is 39.4 Å². The van der Waals surface area contributed by atoms with Gasteiger partial charge < -0.3 is 15.4 Å². The lowest BCUT2D eigenvalue weighted by molar-refractivity contribution is 0.192. The lowest BCUT2D eigenvalue weighted by atomic mass is 10.1. The summed E-state index contributed by atoms with van der Waals surface area (Å²) in [6.07, 6.45) is 3.67. The first-order valence-electron chi connectivity index (χ1n) is 4.86. The summed E-state index contributed by atoms with van der Waals surface area (Å²) in [5.41, 5.74) is 0. The maximum atomic E-state index is 4.98. The Hall–Kier alpha value is -0.120. The third-order valence-corrected chi connectivity index (χ3v) is 2.30. The molecule has 12 heavy (non-hydrogen) atoms. The monoisotopic (exact) mass is 172 g/mol. The highest BCUT2D eigenvalue weighted by Gasteiger charge is 2.10. The maximum absolute atomic E-state index is 4.98. The van der Waals surface area contributed by atoms with Gasteiger partial charge in [-0.25, -0.2) is 0 Å². The van der Waals surface area contributed by atoms with Crippen LogP contribution in [0.3, 0.4) is 0 Å². The number of rotatable bonds is 5. The van der Waals surface area contributed by atoms with Crippen LogP contribution in [0.25, 0.3) is 0 Å². The van der Waals surface area contributed by atoms with Crippen LogP contribution in [-0.2, 0) is 4.74 Å². The van der Waals surface area contributed by atoms with Gasteiger partial charge in [0.05, 0.1) is 0 Å². The molecule has 0 unspecified atom stereocenters. The van der Waals surface area contributed by atoms with E-state index >= 15 is 0 Å². The highest BCUT2D eigenvalue weighted by Crippen LogP contribution is 2.01. The molecule has 3 nitrogen and oxygen atoms in total. The lowest BCUT2D eigenvalue weighted by Gasteiger charge is -2.23. The van der Waals surface area contributed by atoms with Gasteiger partial charge in [0.15, 0.2) is 0 Å². The van der Waals surface area contributed by atoms with Crippen molar-refractivity contribution in [3.63, 3.8) is 0 Å². The topological polar surface area (TPSA) is 33.3 Å². The Kier molecular flexibility index (Phi) is 5.32. The molecule has 2 N–H and O–H groups in total. The fourth-order valence-corrected chi connectivity index (χ4v) is 1.55. The van der Waals surface area contributed by atoms with E-state index in [1.165, 1.54) is 25.9 Å². The second kappa shape index (κ2) is 6.40. The van der Waals surface area contributed by atoms with Crippen LogP contribution in [0.2, 0.25) is 0 Å². The van der Waals surface area contributed by atoms with Crippen LogP contribution < -0.4 is 10.6 Å². The van der Waals surface area contributed by atoms with Crippen molar-refractivity contribution in [3.8, 4) is 0 Å². The molecule has 0 aromatic rings. The van der Waals surface area contributed by atoms with Crippen LogP contribution >= 0.6 is 0 Å². The van der Waals surface area contributed by atoms with Gasteiger partial charge in [0.25, 0.3) is 0 Å². The molecule has 0 spiro atoms. The van der Waals surface area contributed by atoms with Gasteiger partial charge in [0.1, 0.15) is 0 Å². The highest BCUT2D eigenvalue weighted by atomic mass is 16.5. The molecule has 1 saturated heterocycles. The molecule has 72 valence electrons. The second-order valence-corrected chi connectivity index (χ2v) is 3.32. The first kappa shape index (κ1) is 9.96. The molecule has 1 fully saturated rings. The molecule has 0 radical (unpaired) electrons. The Morgan fingerprint density at radius 3 is 2.83 bits per heavy atom. The fourth-order valence-electron chi connectivity index (χ4n) is 1.55. The molecule has 0 amide bonds. The normalized spacial score (nSPS) is 19.8. The molecule has 0 aromatic carbocycles. The van der Waals surface area contributed by atoms with Gasteiger partial charge in [-0.15, -0.1) is 0 Å². The number of hydrogen-bond acceptors (Lipinski definition) is 3. The molecule has 0 aliphatic carbocycles. The fraction of sp³-hybridized carbons (Fsp3) is 1.00. The van der Waals surface area contributed by atoms with Gasteiger partial charge >= 0.3 is 0 Å². The zero-order valence-corrected chi connectivity index (χ0v) is 7.94. The molecular formula is C9H20N2O. The number of piperidine rings is 1. The molecule has 1 aliphatic rings. The number of methoxy groups -OCH3 is 1. The smallest absolute Gasteiger partial charge is 0.0474 e. The maximum Gasteiger partial charge on any atom is 0.0474 e. The van der Waals surface area contributed by atoms with Gasteiger partial charge in [-0.3, -0.25) is 0 Å². The van der Waals surface area contributed by atoms with Crippen LogP contribution in [0.5, 0.6) is 0 Å². The summed E-state index contributed by atoms with van der Waals surface area (Å²) in [6.45, 7) is 4.31. The van der Waals surface area contributed by atoms with Crippen molar-refractivity contribution in [3.05, 3.63) is 0 Å². The molecule has 1 aliphatic heterocycles. The molecule has 0 aromatic heterocycles. The molecule has 3 heteroatoms. The van der Waals surface area contributed by atoms with Crippen molar-refractivity contribution in [1.82, 2.24) is 10.6 Å². The second-order valence-electron chi connectivity index (χ2n) is 3.32. The van der Waals surface area contributed by atoms with Gasteiger partial charge in [0, 0.05) is 19.8 Å². The van der Waals surface area contributed by atoms with E-state index in [9.17, 15) is 0 Å². The average Bonchev–Trinajstić information content (AvgIpc) is 2.14. The first-order valence-corrected chi connectivity index (χ1v) is 4.86. The minimum atomic E-state index is 0.739. The minimum Gasteiger partial charge on any atom is -0.385 e. The lowest BCUT2D eigenvalue weighted by Crippen LogP contribution is -2.40. The zero-order valence-electron chi connectivity index (χ0n) is 7.94. The van der Waals surface area contributed by atoms with E-state index in [-0.39, 0.29) is 0 Å². The summed E-state index contributed by atoms with van der Waals surface area (Å²) < 4.78 is 4.98. The van der Waals surface area contributed by atoms with Crippen molar-refractivity contribution in [1.29, 1.82) is 0 Å². The molecule has 0 saturated carbocycles. The van der Waals surface area contributed by atoms with Crippen molar-refractivity contribution < 1.29 is 4.74 Å². The van der Waals surface area contributed by atoms with E-state index in [0.29, 0.717) is 0 Å². The number of nitrogens with one attached hydrogen (secondary N) is 2. The largest absolute Gasteiger partial charge is 0.385 e. The summed E-state index contributed by atoms with van der Waals surface area (Å²) in [5, 5.41) is 6.89. The van der Waals surface area contributed by atoms with Gasteiger partial charge in [0.2, 0.25) is 0 Å². The van der Waals surface area contributed by atoms with Gasteiger partial charge in [-0.1, -0.05) is 0 Å². The quantitative estimate of drug-likeness (QED) is 0.588. The van der Waals surface area contributed by atoms with E-state index in [4.69, 9.17) is 4.74 Å². The van der Waals surface area contributed by atoms with Crippen molar-refractivity contribution in [2.45, 2.75) is 25.3 Å². The Labute approximate surface area is 74.9 Å². The minimum absolute atomic E-state index is 0.739. The van der Waals surface area contributed by atoms with Crippen LogP contribution in [0, 0.1) is 0 Å². The third kappa shape index (κ3) is 4.04. The van der Waals surface area contributed by atoms with E-state index in [2.05, 4.69) is 10.6 Å². The average molecular weight is 172 g/mol. The van der Waals surface area contributed by atoms with Crippen LogP contribution in [0.1, 0.15) is 19.3 Å². The summed E-state index contributed by atoms with van der Waals surface area (Å²) >= 11 is 0. The summed E-state index contributed by atoms with van der Waals surface area (Å²) in [6, 6.07) is 0.739. The first-order chi connectivity index (χ1) is 5.93. The Morgan fingerprint density at radius 2 is 2.17 bits per heavy atom. The summed E-state index contributed by atoms with van der Waals surface area (Å²) in [5.74, 6) is 0. The number of hydrogen-bond donors (Lipinski definition) is 2. The van der Waals surface area contributed by atoms with Crippen LogP contribution in [0.4, 0.5) is 0 Å². The molecule has 1 heterocycles. The van der Waals surface area contributed by atoms with Crippen molar-refractivity contribution in [2.24, 2.45) is 0 Å². The highest BCUT2D eigenvalue weighted by molar-refractivity contribution is 4.73. The van der Waals surface area contributed by atoms with E-state index in [1.54, 1.807) is 7.11 Å². The molecule has 1 rings (SSSR count). The van der Waals surface area contributed by atoms with Gasteiger partial charge in [-0.2, -0.15) is 0 Å². The molecule has 0 bridgehead atoms.